The first-order chi connectivity index (χ1) is 11.0. The number of hydrogen-bond donors (Lipinski definition) is 2. The van der Waals surface area contributed by atoms with Crippen molar-refractivity contribution in [1.82, 2.24) is 0 Å². The summed E-state index contributed by atoms with van der Waals surface area (Å²) in [7, 11) is -3.87. The molecular weight excluding hydrogens is 394 g/mol. The standard InChI is InChI=1S/C17H18BrNO4S/c1-17(2,3)11-4-7-13(8-5-11)24(22,23)19-15-9-6-12(18)10-14(15)16(20)21/h4-10,19H,1-3H3,(H,20,21). The number of rotatable bonds is 4. The van der Waals surface area contributed by atoms with Crippen molar-refractivity contribution in [3.63, 3.8) is 0 Å². The van der Waals surface area contributed by atoms with Gasteiger partial charge in [0.15, 0.2) is 0 Å². The zero-order valence-corrected chi connectivity index (χ0v) is 15.9. The summed E-state index contributed by atoms with van der Waals surface area (Å²) in [6, 6.07) is 10.9. The van der Waals surface area contributed by atoms with Crippen LogP contribution in [0.1, 0.15) is 36.7 Å². The maximum Gasteiger partial charge on any atom is 0.337 e. The molecule has 0 atom stereocenters. The largest absolute Gasteiger partial charge is 0.478 e. The summed E-state index contributed by atoms with van der Waals surface area (Å²) in [6.45, 7) is 6.11. The van der Waals surface area contributed by atoms with Gasteiger partial charge >= 0.3 is 5.97 Å². The number of aromatic carboxylic acids is 1. The van der Waals surface area contributed by atoms with E-state index < -0.39 is 16.0 Å². The Bertz CT molecular complexity index is 868. The first-order valence-corrected chi connectivity index (χ1v) is 9.44. The molecule has 0 bridgehead atoms. The van der Waals surface area contributed by atoms with Gasteiger partial charge in [-0.05, 0) is 41.3 Å². The molecule has 128 valence electrons. The zero-order valence-electron chi connectivity index (χ0n) is 13.5. The van der Waals surface area contributed by atoms with Crippen LogP contribution in [0, 0.1) is 0 Å². The molecule has 0 aromatic heterocycles. The SMILES string of the molecule is CC(C)(C)c1ccc(S(=O)(=O)Nc2ccc(Br)cc2C(=O)O)cc1. The molecule has 2 N–H and O–H groups in total. The van der Waals surface area contributed by atoms with E-state index in [4.69, 9.17) is 0 Å². The lowest BCUT2D eigenvalue weighted by molar-refractivity contribution is 0.0698. The fourth-order valence-corrected chi connectivity index (χ4v) is 3.56. The molecule has 0 saturated heterocycles. The monoisotopic (exact) mass is 411 g/mol. The number of halogens is 1. The number of hydrogen-bond acceptors (Lipinski definition) is 3. The van der Waals surface area contributed by atoms with Gasteiger partial charge in [-0.2, -0.15) is 0 Å². The van der Waals surface area contributed by atoms with Crippen molar-refractivity contribution in [3.05, 3.63) is 58.1 Å². The molecule has 0 aliphatic carbocycles. The van der Waals surface area contributed by atoms with Crippen molar-refractivity contribution in [3.8, 4) is 0 Å². The first-order valence-electron chi connectivity index (χ1n) is 7.17. The van der Waals surface area contributed by atoms with Gasteiger partial charge in [0.25, 0.3) is 10.0 Å². The quantitative estimate of drug-likeness (QED) is 0.787. The highest BCUT2D eigenvalue weighted by Crippen LogP contribution is 2.26. The van der Waals surface area contributed by atoms with Crippen molar-refractivity contribution in [2.45, 2.75) is 31.1 Å². The van der Waals surface area contributed by atoms with E-state index in [9.17, 15) is 18.3 Å². The number of benzene rings is 2. The van der Waals surface area contributed by atoms with E-state index in [1.807, 2.05) is 20.8 Å². The molecule has 0 aliphatic rings. The molecule has 2 aromatic rings. The molecule has 0 amide bonds. The van der Waals surface area contributed by atoms with E-state index in [2.05, 4.69) is 20.7 Å². The Morgan fingerprint density at radius 3 is 2.17 bits per heavy atom. The van der Waals surface area contributed by atoms with Crippen LogP contribution in [0.4, 0.5) is 5.69 Å². The highest BCUT2D eigenvalue weighted by Gasteiger charge is 2.20. The van der Waals surface area contributed by atoms with Gasteiger partial charge in [-0.25, -0.2) is 13.2 Å². The summed E-state index contributed by atoms with van der Waals surface area (Å²) in [5.41, 5.74) is 0.818. The van der Waals surface area contributed by atoms with Gasteiger partial charge in [-0.3, -0.25) is 4.72 Å². The van der Waals surface area contributed by atoms with Crippen molar-refractivity contribution in [2.75, 3.05) is 4.72 Å². The second kappa shape index (κ2) is 6.57. The number of carboxylic acids is 1. The Balaban J connectivity index is 2.37. The summed E-state index contributed by atoms with van der Waals surface area (Å²) in [4.78, 5) is 11.4. The third-order valence-electron chi connectivity index (χ3n) is 3.49. The third kappa shape index (κ3) is 4.15. The van der Waals surface area contributed by atoms with Crippen LogP contribution in [0.3, 0.4) is 0 Å². The predicted octanol–water partition coefficient (Wildman–Crippen LogP) is 4.25. The van der Waals surface area contributed by atoms with Crippen LogP contribution in [0.2, 0.25) is 0 Å². The van der Waals surface area contributed by atoms with Crippen molar-refractivity contribution >= 4 is 37.6 Å². The van der Waals surface area contributed by atoms with Crippen molar-refractivity contribution in [2.24, 2.45) is 0 Å². The maximum atomic E-state index is 12.5. The van der Waals surface area contributed by atoms with Crippen LogP contribution >= 0.6 is 15.9 Å². The Hall–Kier alpha value is -1.86. The van der Waals surface area contributed by atoms with Crippen LogP contribution < -0.4 is 4.72 Å². The summed E-state index contributed by atoms with van der Waals surface area (Å²) in [5, 5.41) is 9.23. The molecule has 2 aromatic carbocycles. The minimum atomic E-state index is -3.87. The minimum Gasteiger partial charge on any atom is -0.478 e. The van der Waals surface area contributed by atoms with Crippen molar-refractivity contribution in [1.29, 1.82) is 0 Å². The van der Waals surface area contributed by atoms with E-state index in [1.165, 1.54) is 24.3 Å². The van der Waals surface area contributed by atoms with Gasteiger partial charge in [0.1, 0.15) is 0 Å². The van der Waals surface area contributed by atoms with E-state index in [0.29, 0.717) is 4.47 Å². The highest BCUT2D eigenvalue weighted by molar-refractivity contribution is 9.10. The van der Waals surface area contributed by atoms with Crippen LogP contribution in [0.5, 0.6) is 0 Å². The lowest BCUT2D eigenvalue weighted by Crippen LogP contribution is -2.16. The molecule has 5 nitrogen and oxygen atoms in total. The fraction of sp³-hybridized carbons (Fsp3) is 0.235. The molecule has 24 heavy (non-hydrogen) atoms. The fourth-order valence-electron chi connectivity index (χ4n) is 2.12. The summed E-state index contributed by atoms with van der Waals surface area (Å²) in [5.74, 6) is -1.21. The molecule has 0 unspecified atom stereocenters. The normalized spacial score (nSPS) is 12.0. The number of anilines is 1. The maximum absolute atomic E-state index is 12.5. The molecule has 0 spiro atoms. The lowest BCUT2D eigenvalue weighted by atomic mass is 9.87. The molecule has 2 rings (SSSR count). The van der Waals surface area contributed by atoms with Gasteiger partial charge in [0, 0.05) is 4.47 Å². The molecular formula is C17H18BrNO4S. The number of sulfonamides is 1. The Morgan fingerprint density at radius 1 is 1.08 bits per heavy atom. The van der Waals surface area contributed by atoms with Gasteiger partial charge in [0.2, 0.25) is 0 Å². The predicted molar refractivity (Wildman–Crippen MR) is 97.1 cm³/mol. The number of nitrogens with one attached hydrogen (secondary N) is 1. The topological polar surface area (TPSA) is 83.5 Å². The van der Waals surface area contributed by atoms with Crippen molar-refractivity contribution < 1.29 is 18.3 Å². The molecule has 7 heteroatoms. The third-order valence-corrected chi connectivity index (χ3v) is 5.36. The van der Waals surface area contributed by atoms with Crippen LogP contribution in [-0.2, 0) is 15.4 Å². The zero-order chi connectivity index (χ0) is 18.1. The lowest BCUT2D eigenvalue weighted by Gasteiger charge is -2.19. The molecule has 0 radical (unpaired) electrons. The molecule has 0 fully saturated rings. The van der Waals surface area contributed by atoms with Gasteiger partial charge in [-0.1, -0.05) is 48.8 Å². The highest BCUT2D eigenvalue weighted by atomic mass is 79.9. The second-order valence-corrected chi connectivity index (χ2v) is 8.97. The van der Waals surface area contributed by atoms with E-state index in [0.717, 1.165) is 5.56 Å². The van der Waals surface area contributed by atoms with Crippen LogP contribution in [0.25, 0.3) is 0 Å². The first kappa shape index (κ1) is 18.5. The van der Waals surface area contributed by atoms with Gasteiger partial charge < -0.3 is 5.11 Å². The Kier molecular flexibility index (Phi) is 5.05. The van der Waals surface area contributed by atoms with Gasteiger partial charge in [-0.15, -0.1) is 0 Å². The van der Waals surface area contributed by atoms with E-state index >= 15 is 0 Å². The summed E-state index contributed by atoms with van der Waals surface area (Å²) in [6.07, 6.45) is 0. The Labute approximate surface area is 149 Å². The molecule has 0 aliphatic heterocycles. The number of carboxylic acid groups (broad SMARTS) is 1. The minimum absolute atomic E-state index is 0.0191. The average molecular weight is 412 g/mol. The van der Waals surface area contributed by atoms with Gasteiger partial charge in [0.05, 0.1) is 16.1 Å². The average Bonchev–Trinajstić information content (AvgIpc) is 2.48. The number of carbonyl (C=O) groups is 1. The van der Waals surface area contributed by atoms with E-state index in [1.54, 1.807) is 18.2 Å². The molecule has 0 saturated carbocycles. The second-order valence-electron chi connectivity index (χ2n) is 6.37. The Morgan fingerprint density at radius 2 is 1.67 bits per heavy atom. The van der Waals surface area contributed by atoms with Crippen LogP contribution in [-0.4, -0.2) is 19.5 Å². The van der Waals surface area contributed by atoms with Crippen LogP contribution in [0.15, 0.2) is 51.8 Å². The summed E-state index contributed by atoms with van der Waals surface area (Å²) >= 11 is 3.18. The summed E-state index contributed by atoms with van der Waals surface area (Å²) < 4.78 is 27.9. The van der Waals surface area contributed by atoms with E-state index in [-0.39, 0.29) is 21.6 Å². The molecule has 0 heterocycles. The smallest absolute Gasteiger partial charge is 0.337 e.